The van der Waals surface area contributed by atoms with E-state index in [-0.39, 0.29) is 23.8 Å². The summed E-state index contributed by atoms with van der Waals surface area (Å²) in [6.07, 6.45) is 3.41. The van der Waals surface area contributed by atoms with E-state index in [1.54, 1.807) is 4.90 Å². The van der Waals surface area contributed by atoms with Gasteiger partial charge in [0.1, 0.15) is 5.60 Å². The summed E-state index contributed by atoms with van der Waals surface area (Å²) in [6.45, 7) is 6.88. The Hall–Kier alpha value is -1.30. The number of likely N-dealkylation sites (tertiary alicyclic amines) is 1. The van der Waals surface area contributed by atoms with Gasteiger partial charge in [0.2, 0.25) is 0 Å². The predicted molar refractivity (Wildman–Crippen MR) is 80.5 cm³/mol. The van der Waals surface area contributed by atoms with Gasteiger partial charge in [0.15, 0.2) is 0 Å². The molecule has 1 atom stereocenters. The Morgan fingerprint density at radius 3 is 2.41 bits per heavy atom. The zero-order valence-electron chi connectivity index (χ0n) is 14.0. The van der Waals surface area contributed by atoms with Gasteiger partial charge in [-0.2, -0.15) is 0 Å². The zero-order valence-corrected chi connectivity index (χ0v) is 14.0. The van der Waals surface area contributed by atoms with Crippen LogP contribution in [0.1, 0.15) is 52.9 Å². The number of methoxy groups -OCH3 is 1. The average molecular weight is 313 g/mol. The van der Waals surface area contributed by atoms with Crippen molar-refractivity contribution < 1.29 is 23.8 Å². The van der Waals surface area contributed by atoms with Crippen LogP contribution in [0.2, 0.25) is 0 Å². The second kappa shape index (κ2) is 6.44. The summed E-state index contributed by atoms with van der Waals surface area (Å²) >= 11 is 0. The number of nitrogens with zero attached hydrogens (tertiary/aromatic N) is 1. The van der Waals surface area contributed by atoms with Crippen molar-refractivity contribution in [3.8, 4) is 0 Å². The Balaban J connectivity index is 1.82. The molecule has 1 amide bonds. The summed E-state index contributed by atoms with van der Waals surface area (Å²) in [5, 5.41) is 0. The third-order valence-corrected chi connectivity index (χ3v) is 4.29. The first-order valence-electron chi connectivity index (χ1n) is 7.96. The van der Waals surface area contributed by atoms with Crippen molar-refractivity contribution in [3.05, 3.63) is 0 Å². The van der Waals surface area contributed by atoms with Crippen LogP contribution in [0.15, 0.2) is 0 Å². The minimum atomic E-state index is -0.471. The maximum absolute atomic E-state index is 12.1. The summed E-state index contributed by atoms with van der Waals surface area (Å²) < 4.78 is 16.2. The lowest BCUT2D eigenvalue weighted by molar-refractivity contribution is -0.146. The summed E-state index contributed by atoms with van der Waals surface area (Å²) in [6, 6.07) is 0. The predicted octanol–water partition coefficient (Wildman–Crippen LogP) is 2.50. The Morgan fingerprint density at radius 1 is 1.23 bits per heavy atom. The van der Waals surface area contributed by atoms with Crippen molar-refractivity contribution in [1.82, 2.24) is 4.90 Å². The van der Waals surface area contributed by atoms with Gasteiger partial charge in [-0.05, 0) is 46.5 Å². The second-order valence-corrected chi connectivity index (χ2v) is 7.21. The molecular weight excluding hydrogens is 286 g/mol. The van der Waals surface area contributed by atoms with E-state index in [1.807, 2.05) is 20.8 Å². The molecule has 2 aliphatic heterocycles. The Morgan fingerprint density at radius 2 is 1.86 bits per heavy atom. The highest BCUT2D eigenvalue weighted by Crippen LogP contribution is 2.40. The standard InChI is InChI=1S/C16H27NO5/c1-15(2,3)22-14(19)17-9-7-16(8-10-17)6-5-12(21-16)11-13(18)20-4/h12H,5-11H2,1-4H3/t12-/m1/s1. The van der Waals surface area contributed by atoms with Gasteiger partial charge < -0.3 is 19.1 Å². The monoisotopic (exact) mass is 313 g/mol. The number of hydrogen-bond acceptors (Lipinski definition) is 5. The third kappa shape index (κ3) is 4.35. The molecule has 6 heteroatoms. The number of hydrogen-bond donors (Lipinski definition) is 0. The number of rotatable bonds is 2. The second-order valence-electron chi connectivity index (χ2n) is 7.21. The van der Waals surface area contributed by atoms with Crippen LogP contribution >= 0.6 is 0 Å². The minimum absolute atomic E-state index is 0.0551. The van der Waals surface area contributed by atoms with E-state index in [9.17, 15) is 9.59 Å². The molecule has 0 saturated carbocycles. The van der Waals surface area contributed by atoms with E-state index in [0.29, 0.717) is 19.5 Å². The molecular formula is C16H27NO5. The van der Waals surface area contributed by atoms with Crippen molar-refractivity contribution in [2.45, 2.75) is 70.2 Å². The van der Waals surface area contributed by atoms with E-state index in [2.05, 4.69) is 0 Å². The van der Waals surface area contributed by atoms with Crippen molar-refractivity contribution in [2.75, 3.05) is 20.2 Å². The fourth-order valence-electron chi connectivity index (χ4n) is 3.10. The topological polar surface area (TPSA) is 65.1 Å². The van der Waals surface area contributed by atoms with Crippen molar-refractivity contribution in [3.63, 3.8) is 0 Å². The molecule has 2 rings (SSSR count). The van der Waals surface area contributed by atoms with E-state index in [0.717, 1.165) is 25.7 Å². The third-order valence-electron chi connectivity index (χ3n) is 4.29. The SMILES string of the molecule is COC(=O)C[C@H]1CCC2(CCN(C(=O)OC(C)(C)C)CC2)O1. The van der Waals surface area contributed by atoms with Gasteiger partial charge in [-0.15, -0.1) is 0 Å². The summed E-state index contributed by atoms with van der Waals surface area (Å²) in [5.41, 5.74) is -0.654. The van der Waals surface area contributed by atoms with Crippen molar-refractivity contribution >= 4 is 12.1 Å². The molecule has 0 aromatic heterocycles. The smallest absolute Gasteiger partial charge is 0.410 e. The fraction of sp³-hybridized carbons (Fsp3) is 0.875. The molecule has 126 valence electrons. The van der Waals surface area contributed by atoms with Gasteiger partial charge in [-0.1, -0.05) is 0 Å². The average Bonchev–Trinajstić information content (AvgIpc) is 2.80. The van der Waals surface area contributed by atoms with Crippen LogP contribution in [-0.4, -0.2) is 54.5 Å². The van der Waals surface area contributed by atoms with E-state index >= 15 is 0 Å². The molecule has 0 N–H and O–H groups in total. The van der Waals surface area contributed by atoms with Crippen LogP contribution in [0.25, 0.3) is 0 Å². The number of carbonyl (C=O) groups excluding carboxylic acids is 2. The van der Waals surface area contributed by atoms with Crippen molar-refractivity contribution in [1.29, 1.82) is 0 Å². The summed E-state index contributed by atoms with van der Waals surface area (Å²) in [5.74, 6) is -0.228. The maximum Gasteiger partial charge on any atom is 0.410 e. The Kier molecular flexibility index (Phi) is 5.00. The van der Waals surface area contributed by atoms with Gasteiger partial charge in [-0.3, -0.25) is 4.79 Å². The van der Waals surface area contributed by atoms with Gasteiger partial charge in [0, 0.05) is 13.1 Å². The molecule has 22 heavy (non-hydrogen) atoms. The van der Waals surface area contributed by atoms with Crippen LogP contribution in [0.4, 0.5) is 4.79 Å². The van der Waals surface area contributed by atoms with E-state index in [1.165, 1.54) is 7.11 Å². The quantitative estimate of drug-likeness (QED) is 0.733. The van der Waals surface area contributed by atoms with Gasteiger partial charge in [0.05, 0.1) is 25.2 Å². The number of esters is 1. The van der Waals surface area contributed by atoms with E-state index < -0.39 is 5.60 Å². The molecule has 0 unspecified atom stereocenters. The molecule has 2 heterocycles. The molecule has 0 bridgehead atoms. The zero-order chi connectivity index (χ0) is 16.4. The molecule has 0 aliphatic carbocycles. The molecule has 2 saturated heterocycles. The highest BCUT2D eigenvalue weighted by molar-refractivity contribution is 5.70. The largest absolute Gasteiger partial charge is 0.469 e. The van der Waals surface area contributed by atoms with Gasteiger partial charge >= 0.3 is 12.1 Å². The van der Waals surface area contributed by atoms with Gasteiger partial charge in [-0.25, -0.2) is 4.79 Å². The molecule has 1 spiro atoms. The lowest BCUT2D eigenvalue weighted by atomic mass is 9.88. The summed E-state index contributed by atoms with van der Waals surface area (Å²) in [4.78, 5) is 25.2. The lowest BCUT2D eigenvalue weighted by Crippen LogP contribution is -2.48. The molecule has 0 radical (unpaired) electrons. The molecule has 0 aromatic rings. The molecule has 2 fully saturated rings. The molecule has 0 aromatic carbocycles. The first-order valence-corrected chi connectivity index (χ1v) is 7.96. The van der Waals surface area contributed by atoms with Crippen molar-refractivity contribution in [2.24, 2.45) is 0 Å². The number of ether oxygens (including phenoxy) is 3. The summed E-state index contributed by atoms with van der Waals surface area (Å²) in [7, 11) is 1.40. The first-order chi connectivity index (χ1) is 10.2. The molecule has 6 nitrogen and oxygen atoms in total. The highest BCUT2D eigenvalue weighted by atomic mass is 16.6. The number of piperidine rings is 1. The van der Waals surface area contributed by atoms with Gasteiger partial charge in [0.25, 0.3) is 0 Å². The van der Waals surface area contributed by atoms with Crippen LogP contribution in [0, 0.1) is 0 Å². The normalized spacial score (nSPS) is 24.4. The number of amides is 1. The van der Waals surface area contributed by atoms with Crippen LogP contribution < -0.4 is 0 Å². The first kappa shape index (κ1) is 17.1. The minimum Gasteiger partial charge on any atom is -0.469 e. The van der Waals surface area contributed by atoms with E-state index in [4.69, 9.17) is 14.2 Å². The lowest BCUT2D eigenvalue weighted by Gasteiger charge is -2.39. The number of carbonyl (C=O) groups is 2. The fourth-order valence-corrected chi connectivity index (χ4v) is 3.10. The Bertz CT molecular complexity index is 421. The Labute approximate surface area is 132 Å². The van der Waals surface area contributed by atoms with Crippen LogP contribution in [-0.2, 0) is 19.0 Å². The van der Waals surface area contributed by atoms with Crippen LogP contribution in [0.5, 0.6) is 0 Å². The van der Waals surface area contributed by atoms with Crippen LogP contribution in [0.3, 0.4) is 0 Å². The molecule has 2 aliphatic rings. The maximum atomic E-state index is 12.1. The highest BCUT2D eigenvalue weighted by Gasteiger charge is 2.44.